The smallest absolute Gasteiger partial charge is 0.321 e. The second-order valence-corrected chi connectivity index (χ2v) is 17.1. The fourth-order valence-electron chi connectivity index (χ4n) is 8.82. The van der Waals surface area contributed by atoms with Crippen molar-refractivity contribution in [1.82, 2.24) is 10.2 Å². The maximum absolute atomic E-state index is 13.9. The summed E-state index contributed by atoms with van der Waals surface area (Å²) >= 11 is 12.2. The Balaban J connectivity index is 1.02. The molecular weight excluding hydrogens is 832 g/mol. The standard InChI is InChI=1S/C52H48Cl2N4O5/c1-4-46(38-8-6-5-7-9-38)58-30-41-28-49-48(57(3)51(59)50(63-49)39-19-21-42(22-20-39)62-31-35-14-23-43(53)44(54)24-35)27-40(41)26-47(58)32(2)56-45(52(60)61)25-33-10-15-36(16-11-33)37-17-12-34(29-55)13-18-37/h5-24,27-28,32,45-47,50,56H,4,25-26,30-31H2,1-3H3,(H,60,61)/t32?,45-,46-,47-,50-/m0/s1. The zero-order valence-electron chi connectivity index (χ0n) is 35.3. The van der Waals surface area contributed by atoms with Crippen LogP contribution in [0.3, 0.4) is 0 Å². The highest BCUT2D eigenvalue weighted by atomic mass is 35.5. The molecule has 0 bridgehead atoms. The Morgan fingerprint density at radius 2 is 1.57 bits per heavy atom. The number of carboxylic acid groups (broad SMARTS) is 1. The number of nitriles is 1. The SMILES string of the molecule is CC[C@@H](c1ccccc1)N1Cc2cc3c(cc2C[C@H]1C(C)N[C@@H](Cc1ccc(-c2ccc(C#N)cc2)cc1)C(=O)O)N(C)C(=O)[C@H](c1ccc(OCc2ccc(Cl)c(Cl)c2)cc1)O3. The second kappa shape index (κ2) is 19.1. The number of halogens is 2. The van der Waals surface area contributed by atoms with Crippen molar-refractivity contribution in [3.05, 3.63) is 182 Å². The summed E-state index contributed by atoms with van der Waals surface area (Å²) in [5.41, 5.74) is 9.19. The van der Waals surface area contributed by atoms with E-state index in [0.29, 0.717) is 64.4 Å². The number of anilines is 1. The second-order valence-electron chi connectivity index (χ2n) is 16.3. The van der Waals surface area contributed by atoms with Gasteiger partial charge in [0.1, 0.15) is 24.1 Å². The van der Waals surface area contributed by atoms with Crippen LogP contribution in [-0.4, -0.2) is 47.1 Å². The maximum atomic E-state index is 13.9. The van der Waals surface area contributed by atoms with Crippen molar-refractivity contribution in [2.75, 3.05) is 11.9 Å². The van der Waals surface area contributed by atoms with Crippen LogP contribution in [0.5, 0.6) is 11.5 Å². The summed E-state index contributed by atoms with van der Waals surface area (Å²) in [4.78, 5) is 31.0. The molecule has 2 aliphatic rings. The number of carbonyl (C=O) groups is 2. The summed E-state index contributed by atoms with van der Waals surface area (Å²) in [6, 6.07) is 43.8. The first kappa shape index (κ1) is 43.5. The lowest BCUT2D eigenvalue weighted by Crippen LogP contribution is -2.56. The summed E-state index contributed by atoms with van der Waals surface area (Å²) in [7, 11) is 1.78. The zero-order chi connectivity index (χ0) is 44.2. The molecule has 1 amide bonds. The Hall–Kier alpha value is -6.15. The monoisotopic (exact) mass is 878 g/mol. The highest BCUT2D eigenvalue weighted by Crippen LogP contribution is 2.44. The van der Waals surface area contributed by atoms with E-state index in [-0.39, 0.29) is 24.0 Å². The molecule has 2 aliphatic heterocycles. The minimum absolute atomic E-state index is 0.0676. The number of aliphatic carboxylic acids is 1. The first-order valence-corrected chi connectivity index (χ1v) is 21.9. The molecule has 9 nitrogen and oxygen atoms in total. The molecule has 6 aromatic carbocycles. The number of carbonyl (C=O) groups excluding carboxylic acids is 1. The van der Waals surface area contributed by atoms with Gasteiger partial charge in [-0.2, -0.15) is 5.26 Å². The van der Waals surface area contributed by atoms with E-state index >= 15 is 0 Å². The van der Waals surface area contributed by atoms with Crippen LogP contribution < -0.4 is 19.7 Å². The fraction of sp³-hybridized carbons (Fsp3) is 0.250. The van der Waals surface area contributed by atoms with Gasteiger partial charge < -0.3 is 24.8 Å². The Labute approximate surface area is 378 Å². The lowest BCUT2D eigenvalue weighted by atomic mass is 9.86. The van der Waals surface area contributed by atoms with Crippen molar-refractivity contribution < 1.29 is 24.2 Å². The van der Waals surface area contributed by atoms with Crippen molar-refractivity contribution >= 4 is 40.8 Å². The average molecular weight is 880 g/mol. The molecule has 1 unspecified atom stereocenters. The fourth-order valence-corrected chi connectivity index (χ4v) is 9.14. The van der Waals surface area contributed by atoms with Gasteiger partial charge in [-0.25, -0.2) is 0 Å². The first-order chi connectivity index (χ1) is 30.5. The molecule has 8 rings (SSSR count). The topological polar surface area (TPSA) is 115 Å². The predicted octanol–water partition coefficient (Wildman–Crippen LogP) is 10.8. The third-order valence-electron chi connectivity index (χ3n) is 12.3. The van der Waals surface area contributed by atoms with E-state index < -0.39 is 18.1 Å². The molecule has 63 heavy (non-hydrogen) atoms. The number of nitrogens with zero attached hydrogens (tertiary/aromatic N) is 3. The molecule has 0 fully saturated rings. The van der Waals surface area contributed by atoms with Gasteiger partial charge in [0.15, 0.2) is 0 Å². The molecule has 5 atom stereocenters. The van der Waals surface area contributed by atoms with Crippen LogP contribution in [0.2, 0.25) is 10.0 Å². The first-order valence-electron chi connectivity index (χ1n) is 21.1. The van der Waals surface area contributed by atoms with Gasteiger partial charge in [0.2, 0.25) is 6.10 Å². The van der Waals surface area contributed by atoms with Crippen molar-refractivity contribution in [3.63, 3.8) is 0 Å². The summed E-state index contributed by atoms with van der Waals surface area (Å²) in [5, 5.41) is 24.2. The molecule has 0 radical (unpaired) electrons. The molecule has 6 aromatic rings. The number of carboxylic acids is 1. The molecule has 320 valence electrons. The van der Waals surface area contributed by atoms with Crippen LogP contribution in [0.1, 0.15) is 71.4 Å². The van der Waals surface area contributed by atoms with Crippen molar-refractivity contribution in [2.45, 2.75) is 76.5 Å². The quantitative estimate of drug-likeness (QED) is 0.111. The van der Waals surface area contributed by atoms with Gasteiger partial charge in [-0.3, -0.25) is 14.5 Å². The van der Waals surface area contributed by atoms with Gasteiger partial charge in [0, 0.05) is 37.3 Å². The minimum atomic E-state index is -0.915. The van der Waals surface area contributed by atoms with Crippen LogP contribution >= 0.6 is 23.2 Å². The lowest BCUT2D eigenvalue weighted by Gasteiger charge is -2.46. The number of amides is 1. The summed E-state index contributed by atoms with van der Waals surface area (Å²) in [6.45, 7) is 5.19. The van der Waals surface area contributed by atoms with E-state index in [9.17, 15) is 20.0 Å². The van der Waals surface area contributed by atoms with Gasteiger partial charge in [-0.1, -0.05) is 115 Å². The number of nitrogens with one attached hydrogen (secondary N) is 1. The van der Waals surface area contributed by atoms with Crippen LogP contribution in [0, 0.1) is 11.3 Å². The molecular formula is C52H48Cl2N4O5. The number of hydrogen-bond acceptors (Lipinski definition) is 7. The van der Waals surface area contributed by atoms with E-state index in [0.717, 1.165) is 39.8 Å². The molecule has 0 saturated carbocycles. The Kier molecular flexibility index (Phi) is 13.2. The summed E-state index contributed by atoms with van der Waals surface area (Å²) in [6.07, 6.45) is 0.958. The van der Waals surface area contributed by atoms with Crippen LogP contribution in [0.15, 0.2) is 133 Å². The summed E-state index contributed by atoms with van der Waals surface area (Å²) in [5.74, 6) is 0.180. The van der Waals surface area contributed by atoms with E-state index in [2.05, 4.69) is 66.5 Å². The number of likely N-dealkylation sites (N-methyl/N-ethyl adjacent to an activating group) is 1. The zero-order valence-corrected chi connectivity index (χ0v) is 36.8. The van der Waals surface area contributed by atoms with Crippen molar-refractivity contribution in [3.8, 4) is 28.7 Å². The van der Waals surface area contributed by atoms with Crippen LogP contribution in [0.4, 0.5) is 5.69 Å². The van der Waals surface area contributed by atoms with Crippen LogP contribution in [-0.2, 0) is 35.6 Å². The van der Waals surface area contributed by atoms with E-state index in [1.54, 1.807) is 36.2 Å². The van der Waals surface area contributed by atoms with E-state index in [4.69, 9.17) is 32.7 Å². The molecule has 2 N–H and O–H groups in total. The van der Waals surface area contributed by atoms with Gasteiger partial charge >= 0.3 is 5.97 Å². The third kappa shape index (κ3) is 9.61. The normalized spacial score (nSPS) is 17.4. The molecule has 2 heterocycles. The highest BCUT2D eigenvalue weighted by Gasteiger charge is 2.39. The molecule has 0 aliphatic carbocycles. The predicted molar refractivity (Wildman–Crippen MR) is 247 cm³/mol. The van der Waals surface area contributed by atoms with Gasteiger partial charge in [-0.05, 0) is 114 Å². The number of hydrogen-bond donors (Lipinski definition) is 2. The van der Waals surface area contributed by atoms with Gasteiger partial charge in [0.25, 0.3) is 5.91 Å². The molecule has 11 heteroatoms. The Bertz CT molecular complexity index is 2630. The number of benzene rings is 6. The van der Waals surface area contributed by atoms with Gasteiger partial charge in [-0.15, -0.1) is 0 Å². The molecule has 0 spiro atoms. The lowest BCUT2D eigenvalue weighted by molar-refractivity contribution is -0.139. The molecule has 0 aromatic heterocycles. The average Bonchev–Trinajstić information content (AvgIpc) is 3.30. The molecule has 0 saturated heterocycles. The Morgan fingerprint density at radius 1 is 0.889 bits per heavy atom. The number of fused-ring (bicyclic) bond motifs is 2. The Morgan fingerprint density at radius 3 is 2.22 bits per heavy atom. The van der Waals surface area contributed by atoms with E-state index in [1.807, 2.05) is 72.8 Å². The van der Waals surface area contributed by atoms with E-state index in [1.165, 1.54) is 5.56 Å². The van der Waals surface area contributed by atoms with Crippen molar-refractivity contribution in [1.29, 1.82) is 5.26 Å². The largest absolute Gasteiger partial charge is 0.489 e. The minimum Gasteiger partial charge on any atom is -0.489 e. The number of rotatable bonds is 14. The maximum Gasteiger partial charge on any atom is 0.321 e. The summed E-state index contributed by atoms with van der Waals surface area (Å²) < 4.78 is 12.5. The highest BCUT2D eigenvalue weighted by molar-refractivity contribution is 6.42. The van der Waals surface area contributed by atoms with Crippen molar-refractivity contribution in [2.24, 2.45) is 0 Å². The van der Waals surface area contributed by atoms with Crippen LogP contribution in [0.25, 0.3) is 11.1 Å². The third-order valence-corrected chi connectivity index (χ3v) is 13.0. The number of ether oxygens (including phenoxy) is 2. The van der Waals surface area contributed by atoms with Gasteiger partial charge in [0.05, 0.1) is 27.4 Å².